The molecule has 0 atom stereocenters. The van der Waals surface area contributed by atoms with Crippen LogP contribution >= 0.6 is 36.3 Å². The Hall–Kier alpha value is 2.33. The molecule has 0 saturated carbocycles. The van der Waals surface area contributed by atoms with Gasteiger partial charge < -0.3 is 0 Å². The van der Waals surface area contributed by atoms with Crippen LogP contribution in [0, 0.1) is 0 Å². The Balaban J connectivity index is 3.36. The zero-order valence-electron chi connectivity index (χ0n) is 4.67. The van der Waals surface area contributed by atoms with Gasteiger partial charge in [0.05, 0.1) is 0 Å². The molecule has 0 unspecified atom stereocenters. The Labute approximate surface area is 68.7 Å². The predicted molar refractivity (Wildman–Crippen MR) is 49.0 cm³/mol. The van der Waals surface area contributed by atoms with Gasteiger partial charge in [0, 0.05) is 0 Å². The van der Waals surface area contributed by atoms with Crippen molar-refractivity contribution in [2.24, 2.45) is 0 Å². The van der Waals surface area contributed by atoms with Crippen molar-refractivity contribution in [1.29, 1.82) is 0 Å². The molecule has 0 radical (unpaired) electrons. The molecule has 0 N–H and O–H groups in total. The maximum absolute atomic E-state index is 2.71. The third kappa shape index (κ3) is 4.81. The Kier molecular flexibility index (Phi) is 5.59. The summed E-state index contributed by atoms with van der Waals surface area (Å²) in [6.07, 6.45) is 0. The summed E-state index contributed by atoms with van der Waals surface area (Å²) in [4.78, 5) is 0. The van der Waals surface area contributed by atoms with Crippen molar-refractivity contribution in [3.63, 3.8) is 0 Å². The third-order valence-electron chi connectivity index (χ3n) is 1.03. The predicted octanol–water partition coefficient (Wildman–Crippen LogP) is 3.72. The maximum atomic E-state index is 2.71. The van der Waals surface area contributed by atoms with E-state index in [2.05, 4.69) is 50.1 Å². The summed E-state index contributed by atoms with van der Waals surface area (Å²) in [6.45, 7) is 4.65. The molecule has 0 aliphatic heterocycles. The summed E-state index contributed by atoms with van der Waals surface area (Å²) in [5.74, 6) is 0. The monoisotopic (exact) mass is 492 g/mol. The standard InChI is InChI=1S/2C2H5.Hf.2HI/c2*1-2;;;/h2*1H2,2H3;;2*1H/q;;+2;;/p-2. The second-order valence-corrected chi connectivity index (χ2v) is 63.5. The molecule has 0 nitrogen and oxygen atoms in total. The van der Waals surface area contributed by atoms with Gasteiger partial charge in [0.2, 0.25) is 0 Å². The molecule has 0 rings (SSSR count). The molecule has 0 spiro atoms. The topological polar surface area (TPSA) is 0 Å². The summed E-state index contributed by atoms with van der Waals surface area (Å²) >= 11 is 3.97. The first-order valence-corrected chi connectivity index (χ1v) is 28.0. The molecule has 0 aliphatic carbocycles. The molecule has 0 heterocycles. The van der Waals surface area contributed by atoms with Crippen LogP contribution in [0.5, 0.6) is 0 Å². The van der Waals surface area contributed by atoms with Crippen molar-refractivity contribution < 1.29 is 11.7 Å². The molecule has 0 aromatic carbocycles. The first kappa shape index (κ1) is 9.33. The van der Waals surface area contributed by atoms with Gasteiger partial charge in [0.1, 0.15) is 0 Å². The van der Waals surface area contributed by atoms with Crippen molar-refractivity contribution >= 4 is 36.3 Å². The minimum absolute atomic E-state index is 1.45. The van der Waals surface area contributed by atoms with Crippen LogP contribution in [0.15, 0.2) is 0 Å². The second-order valence-electron chi connectivity index (χ2n) is 1.56. The average Bonchev–Trinajstić information content (AvgIpc) is 1.68. The van der Waals surface area contributed by atoms with E-state index >= 15 is 0 Å². The minimum atomic E-state index is -1.45. The van der Waals surface area contributed by atoms with Gasteiger partial charge in [-0.25, -0.2) is 0 Å². The van der Waals surface area contributed by atoms with Crippen LogP contribution in [0.2, 0.25) is 8.35 Å². The van der Waals surface area contributed by atoms with Gasteiger partial charge in [-0.05, 0) is 0 Å². The van der Waals surface area contributed by atoms with E-state index in [-0.39, 0.29) is 0 Å². The van der Waals surface area contributed by atoms with Crippen LogP contribution < -0.4 is 0 Å². The first-order valence-electron chi connectivity index (χ1n) is 2.50. The van der Waals surface area contributed by atoms with Crippen molar-refractivity contribution in [3.8, 4) is 0 Å². The zero-order chi connectivity index (χ0) is 5.91. The molecule has 0 aromatic rings. The van der Waals surface area contributed by atoms with Gasteiger partial charge in [0.25, 0.3) is 0 Å². The molecular weight excluding hydrogens is 480 g/mol. The molecule has 0 amide bonds. The summed E-state index contributed by atoms with van der Waals surface area (Å²) in [5, 5.41) is 0. The quantitative estimate of drug-likeness (QED) is 0.409. The number of halogens is 2. The van der Waals surface area contributed by atoms with Gasteiger partial charge in [-0.2, -0.15) is 0 Å². The van der Waals surface area contributed by atoms with E-state index in [1.54, 1.807) is 0 Å². The molecule has 0 aromatic heterocycles. The summed E-state index contributed by atoms with van der Waals surface area (Å²) in [5.41, 5.74) is 0. The normalized spacial score (nSPS) is 12.0. The number of hydrogen-bond acceptors (Lipinski definition) is 0. The van der Waals surface area contributed by atoms with E-state index in [0.29, 0.717) is 0 Å². The van der Waals surface area contributed by atoms with Crippen LogP contribution in [0.3, 0.4) is 0 Å². The van der Waals surface area contributed by atoms with Crippen LogP contribution in [-0.4, -0.2) is 0 Å². The Morgan fingerprint density at radius 1 is 1.14 bits per heavy atom. The Morgan fingerprint density at radius 2 is 1.43 bits per heavy atom. The Morgan fingerprint density at radius 3 is 1.43 bits per heavy atom. The summed E-state index contributed by atoms with van der Waals surface area (Å²) in [7, 11) is 0. The number of hydrogen-bond donors (Lipinski definition) is 0. The van der Waals surface area contributed by atoms with Crippen LogP contribution in [0.1, 0.15) is 13.8 Å². The summed E-state index contributed by atoms with van der Waals surface area (Å²) < 4.78 is 2.98. The van der Waals surface area contributed by atoms with Gasteiger partial charge in [-0.3, -0.25) is 0 Å². The molecule has 0 aliphatic rings. The fraction of sp³-hybridized carbons (Fsp3) is 1.00. The van der Waals surface area contributed by atoms with Gasteiger partial charge in [-0.15, -0.1) is 0 Å². The van der Waals surface area contributed by atoms with Gasteiger partial charge in [-0.1, -0.05) is 0 Å². The van der Waals surface area contributed by atoms with Crippen molar-refractivity contribution in [3.05, 3.63) is 0 Å². The Bertz CT molecular complexity index is 47.7. The van der Waals surface area contributed by atoms with Crippen molar-refractivity contribution in [1.82, 2.24) is 0 Å². The molecule has 44 valence electrons. The second kappa shape index (κ2) is 4.19. The zero-order valence-corrected chi connectivity index (χ0v) is 12.6. The van der Waals surface area contributed by atoms with Crippen molar-refractivity contribution in [2.45, 2.75) is 22.2 Å². The molecular formula is C4H10HfI2. The average molecular weight is 490 g/mol. The van der Waals surface area contributed by atoms with Crippen LogP contribution in [0.4, 0.5) is 0 Å². The van der Waals surface area contributed by atoms with E-state index in [0.717, 1.165) is 0 Å². The molecule has 0 bridgehead atoms. The fourth-order valence-corrected chi connectivity index (χ4v) is 2.05. The van der Waals surface area contributed by atoms with E-state index in [4.69, 9.17) is 0 Å². The van der Waals surface area contributed by atoms with E-state index in [1.165, 1.54) is 8.35 Å². The molecule has 0 fully saturated rings. The molecule has 3 heteroatoms. The van der Waals surface area contributed by atoms with E-state index < -0.39 is 11.7 Å². The summed E-state index contributed by atoms with van der Waals surface area (Å²) in [6, 6.07) is 0. The third-order valence-corrected chi connectivity index (χ3v) is 33.4. The molecule has 0 saturated heterocycles. The van der Waals surface area contributed by atoms with Gasteiger partial charge in [0.15, 0.2) is 0 Å². The molecule has 7 heavy (non-hydrogen) atoms. The SMILES string of the molecule is C[CH2][Hf]([I])([I])[CH2]C. The van der Waals surface area contributed by atoms with Crippen LogP contribution in [0.25, 0.3) is 0 Å². The van der Waals surface area contributed by atoms with Crippen molar-refractivity contribution in [2.75, 3.05) is 0 Å². The number of rotatable bonds is 2. The fourth-order valence-electron chi connectivity index (χ4n) is 0.250. The van der Waals surface area contributed by atoms with Crippen LogP contribution in [-0.2, 0) is 11.7 Å². The van der Waals surface area contributed by atoms with Gasteiger partial charge >= 0.3 is 70.1 Å². The van der Waals surface area contributed by atoms with E-state index in [1.807, 2.05) is 0 Å². The van der Waals surface area contributed by atoms with E-state index in [9.17, 15) is 0 Å². The first-order chi connectivity index (χ1) is 3.12.